The number of nitrogens with zero attached hydrogens (tertiary/aromatic N) is 1. The van der Waals surface area contributed by atoms with E-state index in [1.54, 1.807) is 0 Å². The van der Waals surface area contributed by atoms with Crippen molar-refractivity contribution in [1.29, 1.82) is 0 Å². The van der Waals surface area contributed by atoms with Crippen LogP contribution in [0.4, 0.5) is 4.79 Å². The first-order chi connectivity index (χ1) is 11.8. The van der Waals surface area contributed by atoms with Gasteiger partial charge >= 0.3 is 6.03 Å². The van der Waals surface area contributed by atoms with Gasteiger partial charge in [-0.05, 0) is 50.5 Å². The molecule has 2 aliphatic carbocycles. The first kappa shape index (κ1) is 18.0. The Morgan fingerprint density at radius 1 is 1.00 bits per heavy atom. The van der Waals surface area contributed by atoms with Crippen molar-refractivity contribution >= 4 is 6.03 Å². The molecule has 138 valence electrons. The van der Waals surface area contributed by atoms with E-state index < -0.39 is 0 Å². The Labute approximate surface area is 146 Å². The van der Waals surface area contributed by atoms with Crippen molar-refractivity contribution < 1.29 is 9.53 Å². The molecule has 3 rings (SSSR count). The zero-order valence-electron chi connectivity index (χ0n) is 15.1. The molecule has 0 aromatic rings. The highest BCUT2D eigenvalue weighted by Gasteiger charge is 2.34. The fourth-order valence-electron chi connectivity index (χ4n) is 4.79. The van der Waals surface area contributed by atoms with Crippen molar-refractivity contribution in [3.8, 4) is 0 Å². The van der Waals surface area contributed by atoms with Gasteiger partial charge in [-0.1, -0.05) is 25.7 Å². The summed E-state index contributed by atoms with van der Waals surface area (Å²) in [6, 6.07) is 0.468. The Morgan fingerprint density at radius 2 is 1.58 bits per heavy atom. The van der Waals surface area contributed by atoms with Crippen molar-refractivity contribution in [2.24, 2.45) is 11.8 Å². The monoisotopic (exact) mass is 337 g/mol. The summed E-state index contributed by atoms with van der Waals surface area (Å²) in [4.78, 5) is 14.8. The Hall–Kier alpha value is -0.810. The smallest absolute Gasteiger partial charge is 0.315 e. The average molecular weight is 338 g/mol. The largest absolute Gasteiger partial charge is 0.379 e. The van der Waals surface area contributed by atoms with Crippen molar-refractivity contribution in [3.63, 3.8) is 0 Å². The van der Waals surface area contributed by atoms with E-state index in [9.17, 15) is 4.79 Å². The molecule has 24 heavy (non-hydrogen) atoms. The number of carbonyl (C=O) groups excluding carboxylic acids is 1. The molecule has 0 bridgehead atoms. The molecule has 0 radical (unpaired) electrons. The molecule has 2 saturated carbocycles. The van der Waals surface area contributed by atoms with Crippen LogP contribution in [0, 0.1) is 11.8 Å². The second-order valence-electron chi connectivity index (χ2n) is 7.82. The first-order valence-electron chi connectivity index (χ1n) is 10.2. The lowest BCUT2D eigenvalue weighted by molar-refractivity contribution is 0.0375. The number of hydrogen-bond donors (Lipinski definition) is 2. The average Bonchev–Trinajstić information content (AvgIpc) is 3.31. The maximum atomic E-state index is 12.4. The number of amides is 2. The van der Waals surface area contributed by atoms with E-state index in [0.29, 0.717) is 17.9 Å². The van der Waals surface area contributed by atoms with E-state index in [1.165, 1.54) is 51.4 Å². The molecule has 5 heteroatoms. The topological polar surface area (TPSA) is 53.6 Å². The first-order valence-corrected chi connectivity index (χ1v) is 10.2. The zero-order valence-corrected chi connectivity index (χ0v) is 15.1. The highest BCUT2D eigenvalue weighted by Crippen LogP contribution is 2.37. The van der Waals surface area contributed by atoms with Gasteiger partial charge in [-0.3, -0.25) is 4.90 Å². The minimum Gasteiger partial charge on any atom is -0.379 e. The van der Waals surface area contributed by atoms with Gasteiger partial charge in [0.15, 0.2) is 0 Å². The molecule has 0 spiro atoms. The molecule has 0 unspecified atom stereocenters. The van der Waals surface area contributed by atoms with Crippen LogP contribution >= 0.6 is 0 Å². The predicted molar refractivity (Wildman–Crippen MR) is 96.1 cm³/mol. The number of urea groups is 1. The summed E-state index contributed by atoms with van der Waals surface area (Å²) in [5.74, 6) is 1.43. The maximum absolute atomic E-state index is 12.4. The normalized spacial score (nSPS) is 23.9. The Balaban J connectivity index is 1.36. The summed E-state index contributed by atoms with van der Waals surface area (Å²) < 4.78 is 5.36. The quantitative estimate of drug-likeness (QED) is 0.702. The molecule has 1 saturated heterocycles. The van der Waals surface area contributed by atoms with Crippen LogP contribution < -0.4 is 10.6 Å². The fourth-order valence-corrected chi connectivity index (χ4v) is 4.79. The van der Waals surface area contributed by atoms with Gasteiger partial charge in [0, 0.05) is 25.7 Å². The second-order valence-corrected chi connectivity index (χ2v) is 7.82. The van der Waals surface area contributed by atoms with E-state index in [2.05, 4.69) is 15.5 Å². The maximum Gasteiger partial charge on any atom is 0.315 e. The molecule has 1 aliphatic heterocycles. The van der Waals surface area contributed by atoms with Gasteiger partial charge in [0.25, 0.3) is 0 Å². The van der Waals surface area contributed by atoms with Crippen LogP contribution in [0.3, 0.4) is 0 Å². The number of nitrogens with one attached hydrogen (secondary N) is 2. The van der Waals surface area contributed by atoms with Gasteiger partial charge in [0.2, 0.25) is 0 Å². The second kappa shape index (κ2) is 9.62. The van der Waals surface area contributed by atoms with Crippen LogP contribution in [-0.4, -0.2) is 56.4 Å². The molecule has 0 aromatic heterocycles. The van der Waals surface area contributed by atoms with Gasteiger partial charge in [-0.25, -0.2) is 4.79 Å². The standard InChI is InChI=1S/C19H35N3O2/c23-19(20-10-5-11-22-12-14-24-15-13-22)21-18(16-6-1-2-7-16)17-8-3-4-9-17/h16-18H,1-15H2,(H2,20,21,23). The number of carbonyl (C=O) groups is 1. The molecule has 2 amide bonds. The summed E-state index contributed by atoms with van der Waals surface area (Å²) in [7, 11) is 0. The van der Waals surface area contributed by atoms with Crippen molar-refractivity contribution in [2.45, 2.75) is 63.8 Å². The zero-order chi connectivity index (χ0) is 16.6. The van der Waals surface area contributed by atoms with Crippen LogP contribution in [0.5, 0.6) is 0 Å². The Kier molecular flexibility index (Phi) is 7.21. The Morgan fingerprint density at radius 3 is 2.17 bits per heavy atom. The van der Waals surface area contributed by atoms with Gasteiger partial charge in [0.05, 0.1) is 13.2 Å². The lowest BCUT2D eigenvalue weighted by atomic mass is 9.86. The molecule has 0 aromatic carbocycles. The number of rotatable bonds is 7. The molecule has 3 aliphatic rings. The van der Waals surface area contributed by atoms with Crippen LogP contribution in [0.25, 0.3) is 0 Å². The predicted octanol–water partition coefficient (Wildman–Crippen LogP) is 2.76. The van der Waals surface area contributed by atoms with E-state index in [0.717, 1.165) is 45.8 Å². The highest BCUT2D eigenvalue weighted by molar-refractivity contribution is 5.74. The van der Waals surface area contributed by atoms with Gasteiger partial charge < -0.3 is 15.4 Å². The van der Waals surface area contributed by atoms with Crippen LogP contribution in [-0.2, 0) is 4.74 Å². The SMILES string of the molecule is O=C(NCCCN1CCOCC1)NC(C1CCCC1)C1CCCC1. The number of hydrogen-bond acceptors (Lipinski definition) is 3. The molecule has 5 nitrogen and oxygen atoms in total. The lowest BCUT2D eigenvalue weighted by Crippen LogP contribution is -2.48. The van der Waals surface area contributed by atoms with Gasteiger partial charge in [-0.15, -0.1) is 0 Å². The minimum absolute atomic E-state index is 0.0563. The van der Waals surface area contributed by atoms with E-state index in [1.807, 2.05) is 0 Å². The summed E-state index contributed by atoms with van der Waals surface area (Å²) in [6.07, 6.45) is 11.6. The van der Waals surface area contributed by atoms with E-state index >= 15 is 0 Å². The van der Waals surface area contributed by atoms with Crippen molar-refractivity contribution in [3.05, 3.63) is 0 Å². The summed E-state index contributed by atoms with van der Waals surface area (Å²) in [6.45, 7) is 5.57. The number of ether oxygens (including phenoxy) is 1. The minimum atomic E-state index is 0.0563. The van der Waals surface area contributed by atoms with Crippen LogP contribution in [0.2, 0.25) is 0 Å². The fraction of sp³-hybridized carbons (Fsp3) is 0.947. The summed E-state index contributed by atoms with van der Waals surface area (Å²) in [5, 5.41) is 6.45. The van der Waals surface area contributed by atoms with E-state index in [-0.39, 0.29) is 6.03 Å². The molecule has 0 atom stereocenters. The van der Waals surface area contributed by atoms with E-state index in [4.69, 9.17) is 4.74 Å². The van der Waals surface area contributed by atoms with Crippen LogP contribution in [0.15, 0.2) is 0 Å². The molecule has 3 fully saturated rings. The highest BCUT2D eigenvalue weighted by atomic mass is 16.5. The lowest BCUT2D eigenvalue weighted by Gasteiger charge is -2.30. The van der Waals surface area contributed by atoms with Gasteiger partial charge in [-0.2, -0.15) is 0 Å². The third kappa shape index (κ3) is 5.35. The van der Waals surface area contributed by atoms with Crippen LogP contribution in [0.1, 0.15) is 57.8 Å². The third-order valence-electron chi connectivity index (χ3n) is 6.15. The molecular formula is C19H35N3O2. The molecule has 1 heterocycles. The molecular weight excluding hydrogens is 302 g/mol. The third-order valence-corrected chi connectivity index (χ3v) is 6.15. The number of morpholine rings is 1. The summed E-state index contributed by atoms with van der Waals surface area (Å²) in [5.41, 5.74) is 0. The van der Waals surface area contributed by atoms with Gasteiger partial charge in [0.1, 0.15) is 0 Å². The van der Waals surface area contributed by atoms with Crippen molar-refractivity contribution in [1.82, 2.24) is 15.5 Å². The molecule has 2 N–H and O–H groups in total. The van der Waals surface area contributed by atoms with Crippen molar-refractivity contribution in [2.75, 3.05) is 39.4 Å². The Bertz CT molecular complexity index is 357. The summed E-state index contributed by atoms with van der Waals surface area (Å²) >= 11 is 0.